The SMILES string of the molecule is CC1=CC2C(CC(C)C2[Si](C)(C)C2C(C)CC3C(c4cc(C(C)(C)C)cc(C(C)(C)C)c4)=CC(C)=CC32)C(c2cc(C(C)(C)C)cc(C(C)(C)C)c2)=C1. The maximum Gasteiger partial charge on any atom is 0.0553 e. The van der Waals surface area contributed by atoms with E-state index >= 15 is 0 Å². The average Bonchev–Trinajstić information content (AvgIpc) is 3.53. The van der Waals surface area contributed by atoms with Crippen LogP contribution in [-0.4, -0.2) is 8.07 Å². The van der Waals surface area contributed by atoms with Crippen molar-refractivity contribution in [2.24, 2.45) is 35.5 Å². The highest BCUT2D eigenvalue weighted by Gasteiger charge is 2.58. The van der Waals surface area contributed by atoms with E-state index < -0.39 is 8.07 Å². The van der Waals surface area contributed by atoms with Gasteiger partial charge in [0.1, 0.15) is 0 Å². The molecule has 0 aromatic heterocycles. The van der Waals surface area contributed by atoms with Crippen LogP contribution < -0.4 is 0 Å². The first-order valence-corrected chi connectivity index (χ1v) is 24.5. The lowest BCUT2D eigenvalue weighted by molar-refractivity contribution is 0.493. The van der Waals surface area contributed by atoms with E-state index in [9.17, 15) is 0 Å². The van der Waals surface area contributed by atoms with E-state index in [-0.39, 0.29) is 21.7 Å². The molecule has 0 spiro atoms. The molecule has 2 aromatic rings. The summed E-state index contributed by atoms with van der Waals surface area (Å²) in [7, 11) is -1.81. The second-order valence-electron chi connectivity index (χ2n) is 23.3. The van der Waals surface area contributed by atoms with Gasteiger partial charge in [0.25, 0.3) is 0 Å². The summed E-state index contributed by atoms with van der Waals surface area (Å²) in [5.74, 6) is 3.95. The molecule has 1 heteroatoms. The Labute approximate surface area is 328 Å². The van der Waals surface area contributed by atoms with Gasteiger partial charge >= 0.3 is 0 Å². The molecule has 0 radical (unpaired) electrons. The lowest BCUT2D eigenvalue weighted by atomic mass is 9.75. The fourth-order valence-corrected chi connectivity index (χ4v) is 18.1. The van der Waals surface area contributed by atoms with Gasteiger partial charge in [-0.15, -0.1) is 0 Å². The maximum absolute atomic E-state index is 2.83. The van der Waals surface area contributed by atoms with Crippen molar-refractivity contribution < 1.29 is 0 Å². The summed E-state index contributed by atoms with van der Waals surface area (Å²) in [5.41, 5.74) is 17.1. The largest absolute Gasteiger partial charge is 0.0779 e. The van der Waals surface area contributed by atoms with Crippen LogP contribution in [0.5, 0.6) is 0 Å². The van der Waals surface area contributed by atoms with Gasteiger partial charge in [0.05, 0.1) is 8.07 Å². The zero-order valence-corrected chi connectivity index (χ0v) is 38.3. The monoisotopic (exact) mass is 729 g/mol. The van der Waals surface area contributed by atoms with Gasteiger partial charge in [0.15, 0.2) is 0 Å². The Balaban J connectivity index is 1.38. The van der Waals surface area contributed by atoms with E-state index in [0.29, 0.717) is 23.7 Å². The molecule has 8 unspecified atom stereocenters. The zero-order chi connectivity index (χ0) is 39.4. The first kappa shape index (κ1) is 40.3. The summed E-state index contributed by atoms with van der Waals surface area (Å²) in [5, 5.41) is 0. The molecule has 0 saturated heterocycles. The summed E-state index contributed by atoms with van der Waals surface area (Å²) in [6.07, 6.45) is 13.3. The van der Waals surface area contributed by atoms with Crippen molar-refractivity contribution >= 4 is 19.2 Å². The lowest BCUT2D eigenvalue weighted by Gasteiger charge is -2.46. The Morgan fingerprint density at radius 2 is 0.755 bits per heavy atom. The molecule has 0 amide bonds. The molecule has 0 bridgehead atoms. The van der Waals surface area contributed by atoms with Crippen LogP contribution in [0, 0.1) is 35.5 Å². The van der Waals surface area contributed by atoms with Crippen LogP contribution in [0.3, 0.4) is 0 Å². The molecule has 0 nitrogen and oxygen atoms in total. The van der Waals surface area contributed by atoms with E-state index in [2.05, 4.69) is 185 Å². The van der Waals surface area contributed by atoms with E-state index in [4.69, 9.17) is 0 Å². The minimum Gasteiger partial charge on any atom is -0.0779 e. The number of fused-ring (bicyclic) bond motifs is 2. The summed E-state index contributed by atoms with van der Waals surface area (Å²) >= 11 is 0. The molecule has 8 atom stereocenters. The topological polar surface area (TPSA) is 0 Å². The standard InChI is InChI=1S/C52H76Si/c1-31-19-41(35-25-37(49(5,6)7)29-38(26-35)50(8,9)10)43-23-33(3)47(45(43)21-31)53(17,18)48-34(4)24-44-42(20-32(2)22-46(44)48)36-27-39(51(11,12)13)30-40(28-36)52(14,15)16/h19-22,25-30,33-34,43-48H,23-24H2,1-18H3. The van der Waals surface area contributed by atoms with Gasteiger partial charge < -0.3 is 0 Å². The van der Waals surface area contributed by atoms with Gasteiger partial charge in [-0.3, -0.25) is 0 Å². The molecule has 2 fully saturated rings. The minimum atomic E-state index is -1.81. The van der Waals surface area contributed by atoms with Crippen molar-refractivity contribution in [3.05, 3.63) is 105 Å². The molecule has 2 saturated carbocycles. The number of rotatable bonds is 4. The summed E-state index contributed by atoms with van der Waals surface area (Å²) in [6, 6.07) is 15.2. The third-order valence-electron chi connectivity index (χ3n) is 14.4. The number of hydrogen-bond acceptors (Lipinski definition) is 0. The molecule has 2 aromatic carbocycles. The number of hydrogen-bond donors (Lipinski definition) is 0. The first-order chi connectivity index (χ1) is 24.2. The third kappa shape index (κ3) is 7.61. The second-order valence-corrected chi connectivity index (χ2v) is 28.3. The zero-order valence-electron chi connectivity index (χ0n) is 37.3. The molecular weight excluding hydrogens is 653 g/mol. The number of allylic oxidation sites excluding steroid dienone is 8. The molecule has 6 rings (SSSR count). The van der Waals surface area contributed by atoms with Crippen LogP contribution in [0.15, 0.2) is 71.8 Å². The molecule has 288 valence electrons. The van der Waals surface area contributed by atoms with Gasteiger partial charge in [0, 0.05) is 0 Å². The molecular formula is C52H76Si. The van der Waals surface area contributed by atoms with Crippen molar-refractivity contribution in [1.82, 2.24) is 0 Å². The van der Waals surface area contributed by atoms with Crippen LogP contribution in [0.25, 0.3) is 11.1 Å². The van der Waals surface area contributed by atoms with Crippen LogP contribution in [0.2, 0.25) is 24.2 Å². The van der Waals surface area contributed by atoms with Gasteiger partial charge in [-0.05, 0) is 139 Å². The second kappa shape index (κ2) is 13.4. The van der Waals surface area contributed by atoms with E-state index in [1.807, 2.05) is 0 Å². The highest BCUT2D eigenvalue weighted by atomic mass is 28.3. The van der Waals surface area contributed by atoms with Crippen molar-refractivity contribution in [3.63, 3.8) is 0 Å². The highest BCUT2D eigenvalue weighted by Crippen LogP contribution is 2.65. The Morgan fingerprint density at radius 1 is 0.472 bits per heavy atom. The van der Waals surface area contributed by atoms with E-state index in [1.165, 1.54) is 57.4 Å². The maximum atomic E-state index is 2.83. The smallest absolute Gasteiger partial charge is 0.0553 e. The molecule has 53 heavy (non-hydrogen) atoms. The van der Waals surface area contributed by atoms with Gasteiger partial charge in [-0.2, -0.15) is 0 Å². The molecule has 4 aliphatic rings. The van der Waals surface area contributed by atoms with Gasteiger partial charge in [-0.25, -0.2) is 0 Å². The first-order valence-electron chi connectivity index (χ1n) is 21.3. The predicted octanol–water partition coefficient (Wildman–Crippen LogP) is 15.3. The fraction of sp³-hybridized carbons (Fsp3) is 0.615. The van der Waals surface area contributed by atoms with Crippen LogP contribution in [-0.2, 0) is 21.7 Å². The summed E-state index contributed by atoms with van der Waals surface area (Å²) in [6.45, 7) is 44.3. The summed E-state index contributed by atoms with van der Waals surface area (Å²) < 4.78 is 0. The fourth-order valence-electron chi connectivity index (χ4n) is 11.8. The van der Waals surface area contributed by atoms with Crippen molar-refractivity contribution in [2.75, 3.05) is 0 Å². The van der Waals surface area contributed by atoms with E-state index in [0.717, 1.165) is 22.9 Å². The minimum absolute atomic E-state index is 0.117. The Kier molecular flexibility index (Phi) is 10.2. The molecule has 0 heterocycles. The summed E-state index contributed by atoms with van der Waals surface area (Å²) in [4.78, 5) is 0. The third-order valence-corrected chi connectivity index (χ3v) is 19.8. The molecule has 0 N–H and O–H groups in total. The normalized spacial score (nSPS) is 29.6. The lowest BCUT2D eigenvalue weighted by Crippen LogP contribution is -2.46. The number of benzene rings is 2. The van der Waals surface area contributed by atoms with Gasteiger partial charge in [-0.1, -0.05) is 182 Å². The van der Waals surface area contributed by atoms with Crippen LogP contribution in [0.4, 0.5) is 0 Å². The molecule has 0 aliphatic heterocycles. The Morgan fingerprint density at radius 3 is 1.02 bits per heavy atom. The van der Waals surface area contributed by atoms with E-state index in [1.54, 1.807) is 11.1 Å². The quantitative estimate of drug-likeness (QED) is 0.275. The average molecular weight is 729 g/mol. The van der Waals surface area contributed by atoms with Crippen LogP contribution in [0.1, 0.15) is 157 Å². The van der Waals surface area contributed by atoms with Crippen LogP contribution >= 0.6 is 0 Å². The highest BCUT2D eigenvalue weighted by molar-refractivity contribution is 6.80. The Hall–Kier alpha value is -2.38. The molecule has 4 aliphatic carbocycles. The van der Waals surface area contributed by atoms with Crippen molar-refractivity contribution in [2.45, 2.75) is 169 Å². The van der Waals surface area contributed by atoms with Crippen molar-refractivity contribution in [1.29, 1.82) is 0 Å². The Bertz CT molecular complexity index is 1660. The van der Waals surface area contributed by atoms with Gasteiger partial charge in [0.2, 0.25) is 0 Å². The predicted molar refractivity (Wildman–Crippen MR) is 238 cm³/mol. The van der Waals surface area contributed by atoms with Crippen molar-refractivity contribution in [3.8, 4) is 0 Å².